The second-order valence-electron chi connectivity index (χ2n) is 5.20. The Kier molecular flexibility index (Phi) is 4.42. The van der Waals surface area contributed by atoms with Crippen LogP contribution in [0.4, 0.5) is 0 Å². The van der Waals surface area contributed by atoms with Crippen molar-refractivity contribution >= 4 is 16.8 Å². The van der Waals surface area contributed by atoms with Gasteiger partial charge in [0.2, 0.25) is 0 Å². The molecule has 0 radical (unpaired) electrons. The minimum Gasteiger partial charge on any atom is -0.396 e. The van der Waals surface area contributed by atoms with Crippen molar-refractivity contribution in [1.29, 1.82) is 0 Å². The van der Waals surface area contributed by atoms with Crippen LogP contribution in [0.2, 0.25) is 0 Å². The first kappa shape index (κ1) is 14.6. The summed E-state index contributed by atoms with van der Waals surface area (Å²) in [7, 11) is 1.58. The zero-order chi connectivity index (χ0) is 14.6. The molecule has 108 valence electrons. The summed E-state index contributed by atoms with van der Waals surface area (Å²) < 4.78 is 5.12. The number of rotatable bonds is 6. The first-order chi connectivity index (χ1) is 9.58. The predicted molar refractivity (Wildman–Crippen MR) is 77.7 cm³/mol. The summed E-state index contributed by atoms with van der Waals surface area (Å²) in [5.41, 5.74) is 1.02. The minimum atomic E-state index is -0.576. The van der Waals surface area contributed by atoms with Crippen LogP contribution in [-0.2, 0) is 4.74 Å². The lowest BCUT2D eigenvalue weighted by Crippen LogP contribution is -2.50. The topological polar surface area (TPSA) is 74.3 Å². The molecule has 0 bridgehead atoms. The van der Waals surface area contributed by atoms with E-state index in [4.69, 9.17) is 9.84 Å². The summed E-state index contributed by atoms with van der Waals surface area (Å²) in [5.74, 6) is -0.166. The SMILES string of the molecule is COCC(C)(CCO)NC(=O)c1ccc2[nH]ccc2c1. The van der Waals surface area contributed by atoms with Crippen LogP contribution in [0, 0.1) is 0 Å². The summed E-state index contributed by atoms with van der Waals surface area (Å²) in [6.07, 6.45) is 2.28. The van der Waals surface area contributed by atoms with E-state index in [-0.39, 0.29) is 12.5 Å². The number of carbonyl (C=O) groups is 1. The van der Waals surface area contributed by atoms with Gasteiger partial charge in [-0.25, -0.2) is 0 Å². The molecule has 0 aliphatic carbocycles. The Bertz CT molecular complexity index is 586. The van der Waals surface area contributed by atoms with Crippen molar-refractivity contribution in [2.24, 2.45) is 0 Å². The van der Waals surface area contributed by atoms with Crippen LogP contribution in [0.1, 0.15) is 23.7 Å². The van der Waals surface area contributed by atoms with E-state index < -0.39 is 5.54 Å². The van der Waals surface area contributed by atoms with Crippen LogP contribution in [-0.4, -0.2) is 41.9 Å². The standard InChI is InChI=1S/C15H20N2O3/c1-15(6-8-18,10-20-2)17-14(19)12-3-4-13-11(9-12)5-7-16-13/h3-5,7,9,16,18H,6,8,10H2,1-2H3,(H,17,19). The lowest BCUT2D eigenvalue weighted by molar-refractivity contribution is 0.0726. The molecular weight excluding hydrogens is 256 g/mol. The fourth-order valence-corrected chi connectivity index (χ4v) is 2.28. The molecule has 0 fully saturated rings. The number of carbonyl (C=O) groups excluding carboxylic acids is 1. The van der Waals surface area contributed by atoms with Gasteiger partial charge in [0.15, 0.2) is 0 Å². The number of ether oxygens (including phenoxy) is 1. The van der Waals surface area contributed by atoms with Gasteiger partial charge < -0.3 is 20.1 Å². The van der Waals surface area contributed by atoms with Crippen molar-refractivity contribution in [2.75, 3.05) is 20.3 Å². The number of fused-ring (bicyclic) bond motifs is 1. The number of aromatic nitrogens is 1. The summed E-state index contributed by atoms with van der Waals surface area (Å²) in [5, 5.41) is 13.0. The summed E-state index contributed by atoms with van der Waals surface area (Å²) in [6, 6.07) is 7.42. The van der Waals surface area contributed by atoms with E-state index in [2.05, 4.69) is 10.3 Å². The van der Waals surface area contributed by atoms with Gasteiger partial charge in [-0.15, -0.1) is 0 Å². The van der Waals surface area contributed by atoms with Gasteiger partial charge in [-0.2, -0.15) is 0 Å². The van der Waals surface area contributed by atoms with Gasteiger partial charge in [0, 0.05) is 36.4 Å². The molecule has 1 atom stereocenters. The number of aromatic amines is 1. The molecule has 0 aliphatic rings. The van der Waals surface area contributed by atoms with Crippen LogP contribution in [0.15, 0.2) is 30.5 Å². The van der Waals surface area contributed by atoms with Crippen molar-refractivity contribution in [3.8, 4) is 0 Å². The molecule has 3 N–H and O–H groups in total. The highest BCUT2D eigenvalue weighted by atomic mass is 16.5. The summed E-state index contributed by atoms with van der Waals surface area (Å²) in [6.45, 7) is 2.21. The van der Waals surface area contributed by atoms with Crippen molar-refractivity contribution < 1.29 is 14.6 Å². The van der Waals surface area contributed by atoms with Gasteiger partial charge in [0.25, 0.3) is 5.91 Å². The van der Waals surface area contributed by atoms with Gasteiger partial charge in [0.05, 0.1) is 12.1 Å². The molecule has 1 aromatic carbocycles. The van der Waals surface area contributed by atoms with E-state index in [0.29, 0.717) is 18.6 Å². The number of aliphatic hydroxyl groups excluding tert-OH is 1. The highest BCUT2D eigenvalue weighted by Crippen LogP contribution is 2.16. The molecule has 20 heavy (non-hydrogen) atoms. The lowest BCUT2D eigenvalue weighted by atomic mass is 9.98. The maximum absolute atomic E-state index is 12.3. The van der Waals surface area contributed by atoms with E-state index in [0.717, 1.165) is 10.9 Å². The van der Waals surface area contributed by atoms with Crippen molar-refractivity contribution in [3.63, 3.8) is 0 Å². The van der Waals surface area contributed by atoms with Crippen molar-refractivity contribution in [3.05, 3.63) is 36.0 Å². The van der Waals surface area contributed by atoms with Crippen molar-refractivity contribution in [1.82, 2.24) is 10.3 Å². The fourth-order valence-electron chi connectivity index (χ4n) is 2.28. The third-order valence-corrected chi connectivity index (χ3v) is 3.36. The first-order valence-electron chi connectivity index (χ1n) is 6.57. The molecule has 1 amide bonds. The molecule has 0 saturated carbocycles. The van der Waals surface area contributed by atoms with Crippen LogP contribution in [0.5, 0.6) is 0 Å². The number of aliphatic hydroxyl groups is 1. The number of nitrogens with one attached hydrogen (secondary N) is 2. The Labute approximate surface area is 117 Å². The second kappa shape index (κ2) is 6.07. The van der Waals surface area contributed by atoms with Crippen LogP contribution < -0.4 is 5.32 Å². The third kappa shape index (κ3) is 3.18. The van der Waals surface area contributed by atoms with Crippen LogP contribution in [0.25, 0.3) is 10.9 Å². The van der Waals surface area contributed by atoms with E-state index >= 15 is 0 Å². The quantitative estimate of drug-likeness (QED) is 0.751. The van der Waals surface area contributed by atoms with Crippen LogP contribution in [0.3, 0.4) is 0 Å². The molecule has 1 aromatic heterocycles. The smallest absolute Gasteiger partial charge is 0.251 e. The molecular formula is C15H20N2O3. The van der Waals surface area contributed by atoms with E-state index in [1.165, 1.54) is 0 Å². The number of amides is 1. The van der Waals surface area contributed by atoms with E-state index in [1.54, 1.807) is 13.2 Å². The number of H-pyrrole nitrogens is 1. The maximum atomic E-state index is 12.3. The molecule has 2 rings (SSSR count). The van der Waals surface area contributed by atoms with Gasteiger partial charge in [0.1, 0.15) is 0 Å². The highest BCUT2D eigenvalue weighted by Gasteiger charge is 2.26. The third-order valence-electron chi connectivity index (χ3n) is 3.36. The van der Waals surface area contributed by atoms with Gasteiger partial charge >= 0.3 is 0 Å². The number of benzene rings is 1. The molecule has 1 heterocycles. The van der Waals surface area contributed by atoms with Crippen molar-refractivity contribution in [2.45, 2.75) is 18.9 Å². The second-order valence-corrected chi connectivity index (χ2v) is 5.20. The molecule has 0 aliphatic heterocycles. The van der Waals surface area contributed by atoms with Gasteiger partial charge in [-0.05, 0) is 37.6 Å². The molecule has 5 heteroatoms. The maximum Gasteiger partial charge on any atom is 0.251 e. The first-order valence-corrected chi connectivity index (χ1v) is 6.57. The summed E-state index contributed by atoms with van der Waals surface area (Å²) >= 11 is 0. The fraction of sp³-hybridized carbons (Fsp3) is 0.400. The molecule has 0 spiro atoms. The van der Waals surface area contributed by atoms with Gasteiger partial charge in [-0.3, -0.25) is 4.79 Å². The minimum absolute atomic E-state index is 0.00299. The normalized spacial score (nSPS) is 14.2. The Balaban J connectivity index is 2.17. The summed E-state index contributed by atoms with van der Waals surface area (Å²) in [4.78, 5) is 15.4. The molecule has 1 unspecified atom stereocenters. The average Bonchev–Trinajstić information content (AvgIpc) is 2.85. The van der Waals surface area contributed by atoms with Crippen LogP contribution >= 0.6 is 0 Å². The Morgan fingerprint density at radius 1 is 1.45 bits per heavy atom. The van der Waals surface area contributed by atoms with E-state index in [1.807, 2.05) is 31.3 Å². The molecule has 0 saturated heterocycles. The Hall–Kier alpha value is -1.85. The lowest BCUT2D eigenvalue weighted by Gasteiger charge is -2.29. The Morgan fingerprint density at radius 2 is 2.25 bits per heavy atom. The zero-order valence-corrected chi connectivity index (χ0v) is 11.8. The zero-order valence-electron chi connectivity index (χ0n) is 11.8. The number of methoxy groups -OCH3 is 1. The predicted octanol–water partition coefficient (Wildman–Crippen LogP) is 1.69. The van der Waals surface area contributed by atoms with Gasteiger partial charge in [-0.1, -0.05) is 0 Å². The molecule has 5 nitrogen and oxygen atoms in total. The monoisotopic (exact) mass is 276 g/mol. The number of hydrogen-bond donors (Lipinski definition) is 3. The average molecular weight is 276 g/mol. The van der Waals surface area contributed by atoms with E-state index in [9.17, 15) is 4.79 Å². The largest absolute Gasteiger partial charge is 0.396 e. The number of hydrogen-bond acceptors (Lipinski definition) is 3. The Morgan fingerprint density at radius 3 is 2.95 bits per heavy atom. The molecule has 2 aromatic rings. The highest BCUT2D eigenvalue weighted by molar-refractivity contribution is 5.98.